The molecule has 0 aliphatic heterocycles. The highest BCUT2D eigenvalue weighted by atomic mass is 16.5. The fraction of sp³-hybridized carbons (Fsp3) is 0.294. The number of carbonyl (C=O) groups excluding carboxylic acids is 2. The summed E-state index contributed by atoms with van der Waals surface area (Å²) in [6.45, 7) is 5.93. The lowest BCUT2D eigenvalue weighted by Gasteiger charge is -2.11. The van der Waals surface area contributed by atoms with Gasteiger partial charge in [-0.25, -0.2) is 14.8 Å². The Morgan fingerprint density at radius 2 is 1.83 bits per heavy atom. The first-order valence-electron chi connectivity index (χ1n) is 7.67. The third-order valence-corrected chi connectivity index (χ3v) is 3.00. The van der Waals surface area contributed by atoms with Crippen LogP contribution in [0.4, 0.5) is 11.6 Å². The van der Waals surface area contributed by atoms with Gasteiger partial charge in [-0.05, 0) is 32.9 Å². The first-order chi connectivity index (χ1) is 11.5. The first-order valence-corrected chi connectivity index (χ1v) is 7.67. The van der Waals surface area contributed by atoms with E-state index in [4.69, 9.17) is 4.74 Å². The molecule has 0 spiro atoms. The van der Waals surface area contributed by atoms with E-state index in [9.17, 15) is 9.59 Å². The lowest BCUT2D eigenvalue weighted by Crippen LogP contribution is -2.17. The number of amides is 1. The average Bonchev–Trinajstić information content (AvgIpc) is 2.55. The minimum absolute atomic E-state index is 0.195. The number of nitrogens with one attached hydrogen (secondary N) is 2. The Bertz CT molecular complexity index is 714. The van der Waals surface area contributed by atoms with Gasteiger partial charge in [0.25, 0.3) is 5.91 Å². The number of benzene rings is 1. The van der Waals surface area contributed by atoms with Crippen molar-refractivity contribution in [1.82, 2.24) is 9.97 Å². The highest BCUT2D eigenvalue weighted by molar-refractivity contribution is 6.07. The molecule has 0 aliphatic carbocycles. The van der Waals surface area contributed by atoms with Crippen LogP contribution >= 0.6 is 0 Å². The van der Waals surface area contributed by atoms with E-state index in [2.05, 4.69) is 20.6 Å². The molecule has 1 aromatic carbocycles. The largest absolute Gasteiger partial charge is 0.462 e. The number of rotatable bonds is 6. The maximum absolute atomic E-state index is 12.3. The van der Waals surface area contributed by atoms with E-state index in [0.29, 0.717) is 22.8 Å². The van der Waals surface area contributed by atoms with Crippen LogP contribution in [0, 0.1) is 0 Å². The van der Waals surface area contributed by atoms with Gasteiger partial charge in [-0.3, -0.25) is 4.79 Å². The third-order valence-electron chi connectivity index (χ3n) is 3.00. The maximum atomic E-state index is 12.3. The lowest BCUT2D eigenvalue weighted by atomic mass is 10.1. The summed E-state index contributed by atoms with van der Waals surface area (Å²) in [4.78, 5) is 32.4. The van der Waals surface area contributed by atoms with Gasteiger partial charge in [-0.15, -0.1) is 0 Å². The number of hydrogen-bond donors (Lipinski definition) is 2. The molecule has 126 valence electrons. The Balaban J connectivity index is 2.14. The van der Waals surface area contributed by atoms with Crippen LogP contribution in [0.3, 0.4) is 0 Å². The van der Waals surface area contributed by atoms with Gasteiger partial charge < -0.3 is 15.4 Å². The zero-order chi connectivity index (χ0) is 17.5. The summed E-state index contributed by atoms with van der Waals surface area (Å²) >= 11 is 0. The third kappa shape index (κ3) is 4.52. The predicted molar refractivity (Wildman–Crippen MR) is 91.1 cm³/mol. The Labute approximate surface area is 140 Å². The van der Waals surface area contributed by atoms with Crippen LogP contribution in [-0.4, -0.2) is 34.5 Å². The normalized spacial score (nSPS) is 10.3. The van der Waals surface area contributed by atoms with Crippen LogP contribution in [0.1, 0.15) is 41.5 Å². The number of ether oxygens (including phenoxy) is 1. The molecule has 2 rings (SSSR count). The van der Waals surface area contributed by atoms with Crippen molar-refractivity contribution in [3.63, 3.8) is 0 Å². The zero-order valence-electron chi connectivity index (χ0n) is 13.9. The fourth-order valence-electron chi connectivity index (χ4n) is 1.95. The molecule has 0 fully saturated rings. The van der Waals surface area contributed by atoms with E-state index in [0.717, 1.165) is 0 Å². The highest BCUT2D eigenvalue weighted by Gasteiger charge is 2.15. The van der Waals surface area contributed by atoms with Gasteiger partial charge >= 0.3 is 5.97 Å². The number of nitrogens with zero attached hydrogens (tertiary/aromatic N) is 2. The minimum Gasteiger partial charge on any atom is -0.462 e. The van der Waals surface area contributed by atoms with Crippen molar-refractivity contribution >= 4 is 23.5 Å². The van der Waals surface area contributed by atoms with Gasteiger partial charge in [0.05, 0.1) is 23.4 Å². The lowest BCUT2D eigenvalue weighted by molar-refractivity contribution is 0.0527. The minimum atomic E-state index is -0.485. The molecule has 1 heterocycles. The molecule has 0 saturated heterocycles. The summed E-state index contributed by atoms with van der Waals surface area (Å²) in [5.41, 5.74) is 0.972. The monoisotopic (exact) mass is 328 g/mol. The molecule has 0 unspecified atom stereocenters. The second kappa shape index (κ2) is 8.05. The smallest absolute Gasteiger partial charge is 0.340 e. The molecule has 2 aromatic rings. The molecule has 0 atom stereocenters. The first kappa shape index (κ1) is 17.4. The molecule has 7 nitrogen and oxygen atoms in total. The van der Waals surface area contributed by atoms with Gasteiger partial charge in [0.2, 0.25) is 5.95 Å². The standard InChI is InChI=1S/C17H20N4O3/c1-4-24-16(23)13-7-5-6-8-14(13)21-15(22)12-9-18-17(19-10-12)20-11(2)3/h5-11H,4H2,1-3H3,(H,21,22)(H,18,19,20). The Hall–Kier alpha value is -2.96. The molecule has 1 amide bonds. The van der Waals surface area contributed by atoms with Gasteiger partial charge in [0, 0.05) is 18.4 Å². The van der Waals surface area contributed by atoms with Crippen molar-refractivity contribution in [2.24, 2.45) is 0 Å². The molecule has 0 radical (unpaired) electrons. The number of hydrogen-bond acceptors (Lipinski definition) is 6. The Morgan fingerprint density at radius 3 is 2.46 bits per heavy atom. The molecular formula is C17H20N4O3. The molecule has 0 bridgehead atoms. The van der Waals surface area contributed by atoms with Crippen LogP contribution in [0.2, 0.25) is 0 Å². The van der Waals surface area contributed by atoms with Crippen molar-refractivity contribution in [2.75, 3.05) is 17.2 Å². The number of aromatic nitrogens is 2. The van der Waals surface area contributed by atoms with Gasteiger partial charge in [-0.1, -0.05) is 12.1 Å². The van der Waals surface area contributed by atoms with E-state index in [1.54, 1.807) is 31.2 Å². The van der Waals surface area contributed by atoms with Crippen molar-refractivity contribution < 1.29 is 14.3 Å². The van der Waals surface area contributed by atoms with Crippen LogP contribution in [0.25, 0.3) is 0 Å². The van der Waals surface area contributed by atoms with Gasteiger partial charge in [0.15, 0.2) is 0 Å². The molecule has 2 N–H and O–H groups in total. The molecule has 0 aliphatic rings. The summed E-state index contributed by atoms with van der Waals surface area (Å²) in [6.07, 6.45) is 2.86. The molecular weight excluding hydrogens is 308 g/mol. The fourth-order valence-corrected chi connectivity index (χ4v) is 1.95. The Kier molecular flexibility index (Phi) is 5.83. The molecule has 0 saturated carbocycles. The SMILES string of the molecule is CCOC(=O)c1ccccc1NC(=O)c1cnc(NC(C)C)nc1. The van der Waals surface area contributed by atoms with Crippen molar-refractivity contribution in [2.45, 2.75) is 26.8 Å². The summed E-state index contributed by atoms with van der Waals surface area (Å²) in [6, 6.07) is 6.86. The number of esters is 1. The van der Waals surface area contributed by atoms with Crippen molar-refractivity contribution in [3.8, 4) is 0 Å². The van der Waals surface area contributed by atoms with Crippen LogP contribution < -0.4 is 10.6 Å². The summed E-state index contributed by atoms with van der Waals surface area (Å²) < 4.78 is 4.99. The van der Waals surface area contributed by atoms with E-state index >= 15 is 0 Å². The van der Waals surface area contributed by atoms with Crippen LogP contribution in [-0.2, 0) is 4.74 Å². The number of para-hydroxylation sites is 1. The van der Waals surface area contributed by atoms with Crippen molar-refractivity contribution in [3.05, 3.63) is 47.8 Å². The summed E-state index contributed by atoms with van der Waals surface area (Å²) in [5, 5.41) is 5.73. The molecule has 24 heavy (non-hydrogen) atoms. The van der Waals surface area contributed by atoms with Crippen LogP contribution in [0.15, 0.2) is 36.7 Å². The van der Waals surface area contributed by atoms with Crippen LogP contribution in [0.5, 0.6) is 0 Å². The molecule has 1 aromatic heterocycles. The second-order valence-electron chi connectivity index (χ2n) is 5.31. The number of anilines is 2. The summed E-state index contributed by atoms with van der Waals surface area (Å²) in [7, 11) is 0. The quantitative estimate of drug-likeness (QED) is 0.792. The average molecular weight is 328 g/mol. The maximum Gasteiger partial charge on any atom is 0.340 e. The predicted octanol–water partition coefficient (Wildman–Crippen LogP) is 2.73. The van der Waals surface area contributed by atoms with E-state index in [1.165, 1.54) is 12.4 Å². The molecule has 7 heteroatoms. The topological polar surface area (TPSA) is 93.2 Å². The Morgan fingerprint density at radius 1 is 1.17 bits per heavy atom. The highest BCUT2D eigenvalue weighted by Crippen LogP contribution is 2.17. The zero-order valence-corrected chi connectivity index (χ0v) is 13.9. The van der Waals surface area contributed by atoms with E-state index < -0.39 is 11.9 Å². The van der Waals surface area contributed by atoms with Crippen molar-refractivity contribution in [1.29, 1.82) is 0 Å². The van der Waals surface area contributed by atoms with E-state index in [-0.39, 0.29) is 12.6 Å². The second-order valence-corrected chi connectivity index (χ2v) is 5.31. The number of carbonyl (C=O) groups is 2. The van der Waals surface area contributed by atoms with E-state index in [1.807, 2.05) is 13.8 Å². The summed E-state index contributed by atoms with van der Waals surface area (Å²) in [5.74, 6) is -0.433. The van der Waals surface area contributed by atoms with Gasteiger partial charge in [0.1, 0.15) is 0 Å². The van der Waals surface area contributed by atoms with Gasteiger partial charge in [-0.2, -0.15) is 0 Å².